The Labute approximate surface area is 188 Å². The summed E-state index contributed by atoms with van der Waals surface area (Å²) in [4.78, 5) is 15.0. The van der Waals surface area contributed by atoms with E-state index in [1.807, 2.05) is 36.4 Å². The zero-order valence-electron chi connectivity index (χ0n) is 18.5. The van der Waals surface area contributed by atoms with E-state index in [-0.39, 0.29) is 17.6 Å². The summed E-state index contributed by atoms with van der Waals surface area (Å²) in [6, 6.07) is 17.5. The van der Waals surface area contributed by atoms with Crippen molar-refractivity contribution in [3.8, 4) is 11.5 Å². The van der Waals surface area contributed by atoms with Crippen molar-refractivity contribution in [2.24, 2.45) is 0 Å². The van der Waals surface area contributed by atoms with Crippen molar-refractivity contribution < 1.29 is 18.8 Å². The zero-order valence-corrected chi connectivity index (χ0v) is 18.5. The SMILES string of the molecule is COc1cccc(CNC(=O)c2cc([C@@H]3CCCN(Cc4cccc(OC)c4)C3)no2)c1. The van der Waals surface area contributed by atoms with Gasteiger partial charge in [-0.15, -0.1) is 0 Å². The highest BCUT2D eigenvalue weighted by molar-refractivity contribution is 5.91. The van der Waals surface area contributed by atoms with Crippen LogP contribution >= 0.6 is 0 Å². The summed E-state index contributed by atoms with van der Waals surface area (Å²) in [5.41, 5.74) is 3.02. The van der Waals surface area contributed by atoms with Gasteiger partial charge in [0.2, 0.25) is 5.76 Å². The van der Waals surface area contributed by atoms with Crippen LogP contribution in [0.2, 0.25) is 0 Å². The molecule has 0 spiro atoms. The first-order chi connectivity index (χ1) is 15.6. The van der Waals surface area contributed by atoms with Crippen LogP contribution < -0.4 is 14.8 Å². The number of aromatic nitrogens is 1. The molecular weight excluding hydrogens is 406 g/mol. The molecule has 4 rings (SSSR count). The maximum absolute atomic E-state index is 12.5. The van der Waals surface area contributed by atoms with E-state index in [0.29, 0.717) is 6.54 Å². The summed E-state index contributed by atoms with van der Waals surface area (Å²) in [7, 11) is 3.31. The quantitative estimate of drug-likeness (QED) is 0.576. The lowest BCUT2D eigenvalue weighted by Crippen LogP contribution is -2.34. The maximum atomic E-state index is 12.5. The van der Waals surface area contributed by atoms with Gasteiger partial charge in [0.05, 0.1) is 19.9 Å². The molecule has 0 unspecified atom stereocenters. The van der Waals surface area contributed by atoms with Crippen molar-refractivity contribution >= 4 is 5.91 Å². The van der Waals surface area contributed by atoms with Crippen LogP contribution in [0.3, 0.4) is 0 Å². The van der Waals surface area contributed by atoms with Gasteiger partial charge in [-0.1, -0.05) is 29.4 Å². The first-order valence-corrected chi connectivity index (χ1v) is 10.9. The molecule has 0 radical (unpaired) electrons. The van der Waals surface area contributed by atoms with Crippen molar-refractivity contribution in [1.29, 1.82) is 0 Å². The number of nitrogens with zero attached hydrogens (tertiary/aromatic N) is 2. The molecule has 1 N–H and O–H groups in total. The normalized spacial score (nSPS) is 16.5. The molecule has 7 nitrogen and oxygen atoms in total. The molecule has 1 saturated heterocycles. The molecule has 3 aromatic rings. The van der Waals surface area contributed by atoms with E-state index < -0.39 is 0 Å². The molecule has 168 valence electrons. The van der Waals surface area contributed by atoms with Gasteiger partial charge in [0.1, 0.15) is 11.5 Å². The number of carbonyl (C=O) groups excluding carboxylic acids is 1. The van der Waals surface area contributed by atoms with E-state index in [4.69, 9.17) is 14.0 Å². The lowest BCUT2D eigenvalue weighted by atomic mass is 9.94. The minimum Gasteiger partial charge on any atom is -0.497 e. The monoisotopic (exact) mass is 435 g/mol. The number of amides is 1. The summed E-state index contributed by atoms with van der Waals surface area (Å²) in [6.45, 7) is 3.18. The maximum Gasteiger partial charge on any atom is 0.290 e. The molecule has 2 heterocycles. The number of nitrogens with one attached hydrogen (secondary N) is 1. The van der Waals surface area contributed by atoms with E-state index in [9.17, 15) is 4.79 Å². The second kappa shape index (κ2) is 10.3. The third kappa shape index (κ3) is 5.48. The van der Waals surface area contributed by atoms with E-state index in [2.05, 4.69) is 27.5 Å². The van der Waals surface area contributed by atoms with E-state index in [1.54, 1.807) is 20.3 Å². The van der Waals surface area contributed by atoms with Gasteiger partial charge in [0.15, 0.2) is 0 Å². The summed E-state index contributed by atoms with van der Waals surface area (Å²) < 4.78 is 15.9. The number of benzene rings is 2. The fourth-order valence-corrected chi connectivity index (χ4v) is 4.11. The van der Waals surface area contributed by atoms with Gasteiger partial charge in [-0.05, 0) is 54.8 Å². The molecule has 1 amide bonds. The van der Waals surface area contributed by atoms with Gasteiger partial charge in [0.25, 0.3) is 5.91 Å². The Morgan fingerprint density at radius 3 is 2.56 bits per heavy atom. The van der Waals surface area contributed by atoms with Crippen LogP contribution in [-0.4, -0.2) is 43.3 Å². The molecule has 0 bridgehead atoms. The Bertz CT molecular complexity index is 1050. The zero-order chi connectivity index (χ0) is 22.3. The van der Waals surface area contributed by atoms with Gasteiger partial charge in [0, 0.05) is 31.6 Å². The van der Waals surface area contributed by atoms with Crippen molar-refractivity contribution in [2.45, 2.75) is 31.8 Å². The molecule has 1 aliphatic rings. The predicted octanol–water partition coefficient (Wildman–Crippen LogP) is 4.00. The molecule has 0 saturated carbocycles. The van der Waals surface area contributed by atoms with Crippen molar-refractivity contribution in [3.05, 3.63) is 77.2 Å². The highest BCUT2D eigenvalue weighted by atomic mass is 16.5. The van der Waals surface area contributed by atoms with E-state index >= 15 is 0 Å². The number of carbonyl (C=O) groups is 1. The van der Waals surface area contributed by atoms with Crippen molar-refractivity contribution in [3.63, 3.8) is 0 Å². The summed E-state index contributed by atoms with van der Waals surface area (Å²) in [6.07, 6.45) is 2.12. The molecule has 1 atom stereocenters. The Balaban J connectivity index is 1.34. The largest absolute Gasteiger partial charge is 0.497 e. The minimum absolute atomic E-state index is 0.243. The molecule has 2 aromatic carbocycles. The van der Waals surface area contributed by atoms with Gasteiger partial charge >= 0.3 is 0 Å². The first-order valence-electron chi connectivity index (χ1n) is 10.9. The number of likely N-dealkylation sites (tertiary alicyclic amines) is 1. The number of ether oxygens (including phenoxy) is 2. The van der Waals surface area contributed by atoms with Crippen LogP contribution in [0.5, 0.6) is 11.5 Å². The summed E-state index contributed by atoms with van der Waals surface area (Å²) in [5.74, 6) is 1.85. The number of methoxy groups -OCH3 is 2. The number of hydrogen-bond donors (Lipinski definition) is 1. The Morgan fingerprint density at radius 2 is 1.81 bits per heavy atom. The molecular formula is C25H29N3O4. The highest BCUT2D eigenvalue weighted by Gasteiger charge is 2.25. The van der Waals surface area contributed by atoms with Crippen LogP contribution in [0.1, 0.15) is 46.1 Å². The molecule has 1 aliphatic heterocycles. The number of hydrogen-bond acceptors (Lipinski definition) is 6. The smallest absolute Gasteiger partial charge is 0.290 e. The van der Waals surface area contributed by atoms with Crippen LogP contribution in [-0.2, 0) is 13.1 Å². The number of rotatable bonds is 8. The van der Waals surface area contributed by atoms with E-state index in [0.717, 1.165) is 55.2 Å². The second-order valence-electron chi connectivity index (χ2n) is 8.08. The standard InChI is InChI=1S/C25H29N3O4/c1-30-21-9-3-6-18(12-21)15-26-25(29)24-14-23(27-32-24)20-8-5-11-28(17-20)16-19-7-4-10-22(13-19)31-2/h3-4,6-7,9-10,12-14,20H,5,8,11,15-17H2,1-2H3,(H,26,29)/t20-/m1/s1. The van der Waals surface area contributed by atoms with Crippen LogP contribution in [0, 0.1) is 0 Å². The summed E-state index contributed by atoms with van der Waals surface area (Å²) >= 11 is 0. The van der Waals surface area contributed by atoms with Crippen LogP contribution in [0.4, 0.5) is 0 Å². The van der Waals surface area contributed by atoms with Crippen molar-refractivity contribution in [1.82, 2.24) is 15.4 Å². The van der Waals surface area contributed by atoms with Crippen LogP contribution in [0.25, 0.3) is 0 Å². The Kier molecular flexibility index (Phi) is 7.07. The summed E-state index contributed by atoms with van der Waals surface area (Å²) in [5, 5.41) is 7.09. The second-order valence-corrected chi connectivity index (χ2v) is 8.08. The fourth-order valence-electron chi connectivity index (χ4n) is 4.11. The van der Waals surface area contributed by atoms with Crippen LogP contribution in [0.15, 0.2) is 59.1 Å². The van der Waals surface area contributed by atoms with Gasteiger partial charge in [-0.3, -0.25) is 9.69 Å². The molecule has 1 aromatic heterocycles. The average Bonchev–Trinajstić information content (AvgIpc) is 3.33. The highest BCUT2D eigenvalue weighted by Crippen LogP contribution is 2.28. The molecule has 32 heavy (non-hydrogen) atoms. The third-order valence-electron chi connectivity index (χ3n) is 5.80. The molecule has 0 aliphatic carbocycles. The Morgan fingerprint density at radius 1 is 1.09 bits per heavy atom. The first kappa shape index (κ1) is 21.9. The third-order valence-corrected chi connectivity index (χ3v) is 5.80. The lowest BCUT2D eigenvalue weighted by molar-refractivity contribution is 0.0913. The predicted molar refractivity (Wildman–Crippen MR) is 121 cm³/mol. The van der Waals surface area contributed by atoms with Gasteiger partial charge < -0.3 is 19.3 Å². The lowest BCUT2D eigenvalue weighted by Gasteiger charge is -2.31. The van der Waals surface area contributed by atoms with Gasteiger partial charge in [-0.25, -0.2) is 0 Å². The molecule has 1 fully saturated rings. The minimum atomic E-state index is -0.268. The average molecular weight is 436 g/mol. The topological polar surface area (TPSA) is 76.8 Å². The van der Waals surface area contributed by atoms with E-state index in [1.165, 1.54) is 5.56 Å². The van der Waals surface area contributed by atoms with Gasteiger partial charge in [-0.2, -0.15) is 0 Å². The fraction of sp³-hybridized carbons (Fsp3) is 0.360. The van der Waals surface area contributed by atoms with Crippen molar-refractivity contribution in [2.75, 3.05) is 27.3 Å². The number of piperidine rings is 1. The molecule has 7 heteroatoms. The Hall–Kier alpha value is -3.32.